The molecular weight excluding hydrogens is 234 g/mol. The molecule has 0 radical (unpaired) electrons. The molecule has 1 atom stereocenters. The first-order valence-electron chi connectivity index (χ1n) is 4.67. The number of carbonyl (C=O) groups is 3. The van der Waals surface area contributed by atoms with Crippen LogP contribution in [0.4, 0.5) is 0 Å². The SMILES string of the molecule is O=C(O)CNC(=O)CNC(=O)C1CSCN1. The summed E-state index contributed by atoms with van der Waals surface area (Å²) in [6.45, 7) is -0.638. The number of hydrogen-bond donors (Lipinski definition) is 4. The molecule has 1 unspecified atom stereocenters. The fraction of sp³-hybridized carbons (Fsp3) is 0.625. The molecule has 1 heterocycles. The Kier molecular flexibility index (Phi) is 5.06. The molecule has 1 saturated heterocycles. The number of amides is 2. The maximum Gasteiger partial charge on any atom is 0.322 e. The summed E-state index contributed by atoms with van der Waals surface area (Å²) in [5.74, 6) is -0.461. The number of nitrogens with one attached hydrogen (secondary N) is 3. The molecule has 16 heavy (non-hydrogen) atoms. The van der Waals surface area contributed by atoms with Gasteiger partial charge in [0, 0.05) is 11.6 Å². The summed E-state index contributed by atoms with van der Waals surface area (Å²) < 4.78 is 0. The van der Waals surface area contributed by atoms with Crippen molar-refractivity contribution in [3.05, 3.63) is 0 Å². The Morgan fingerprint density at radius 3 is 2.62 bits per heavy atom. The van der Waals surface area contributed by atoms with E-state index in [9.17, 15) is 14.4 Å². The third-order valence-corrected chi connectivity index (χ3v) is 2.83. The van der Waals surface area contributed by atoms with Gasteiger partial charge in [0.2, 0.25) is 11.8 Å². The molecule has 0 bridgehead atoms. The molecule has 1 aliphatic heterocycles. The number of carbonyl (C=O) groups excluding carboxylic acids is 2. The molecule has 0 aromatic heterocycles. The number of carboxylic acid groups (broad SMARTS) is 1. The highest BCUT2D eigenvalue weighted by Crippen LogP contribution is 2.08. The average Bonchev–Trinajstić information content (AvgIpc) is 2.76. The van der Waals surface area contributed by atoms with Crippen LogP contribution in [0.2, 0.25) is 0 Å². The van der Waals surface area contributed by atoms with E-state index in [0.717, 1.165) is 5.88 Å². The summed E-state index contributed by atoms with van der Waals surface area (Å²) in [7, 11) is 0. The van der Waals surface area contributed by atoms with Crippen LogP contribution in [0.15, 0.2) is 0 Å². The van der Waals surface area contributed by atoms with Crippen LogP contribution in [0.5, 0.6) is 0 Å². The Morgan fingerprint density at radius 2 is 2.06 bits per heavy atom. The van der Waals surface area contributed by atoms with Crippen molar-refractivity contribution in [3.63, 3.8) is 0 Å². The minimum Gasteiger partial charge on any atom is -0.480 e. The first-order chi connectivity index (χ1) is 7.59. The van der Waals surface area contributed by atoms with Crippen molar-refractivity contribution in [3.8, 4) is 0 Å². The lowest BCUT2D eigenvalue weighted by atomic mass is 10.3. The van der Waals surface area contributed by atoms with Crippen LogP contribution in [0, 0.1) is 0 Å². The smallest absolute Gasteiger partial charge is 0.322 e. The van der Waals surface area contributed by atoms with Crippen molar-refractivity contribution >= 4 is 29.5 Å². The lowest BCUT2D eigenvalue weighted by Crippen LogP contribution is -2.46. The van der Waals surface area contributed by atoms with Crippen LogP contribution in [0.1, 0.15) is 0 Å². The van der Waals surface area contributed by atoms with Crippen LogP contribution in [-0.2, 0) is 14.4 Å². The standard InChI is InChI=1S/C8H13N3O4S/c12-6(9-2-7(13)14)1-10-8(15)5-3-16-4-11-5/h5,11H,1-4H2,(H,9,12)(H,10,15)(H,13,14). The lowest BCUT2D eigenvalue weighted by Gasteiger charge is -2.09. The zero-order valence-corrected chi connectivity index (χ0v) is 9.30. The Labute approximate surface area is 96.3 Å². The van der Waals surface area contributed by atoms with Gasteiger partial charge in [-0.05, 0) is 0 Å². The normalized spacial score (nSPS) is 19.1. The minimum absolute atomic E-state index is 0.199. The Bertz CT molecular complexity index is 291. The van der Waals surface area contributed by atoms with Gasteiger partial charge in [0.25, 0.3) is 0 Å². The average molecular weight is 247 g/mol. The highest BCUT2D eigenvalue weighted by atomic mass is 32.2. The molecule has 1 rings (SSSR count). The molecule has 0 aromatic rings. The molecule has 1 fully saturated rings. The summed E-state index contributed by atoms with van der Waals surface area (Å²) in [6.07, 6.45) is 0. The molecule has 8 heteroatoms. The third kappa shape index (κ3) is 4.49. The van der Waals surface area contributed by atoms with Crippen molar-refractivity contribution in [1.82, 2.24) is 16.0 Å². The van der Waals surface area contributed by atoms with Gasteiger partial charge in [0.05, 0.1) is 12.6 Å². The fourth-order valence-electron chi connectivity index (χ4n) is 1.09. The number of carboxylic acids is 1. The predicted molar refractivity (Wildman–Crippen MR) is 57.9 cm³/mol. The lowest BCUT2D eigenvalue weighted by molar-refractivity contribution is -0.137. The molecule has 90 valence electrons. The van der Waals surface area contributed by atoms with E-state index in [1.807, 2.05) is 0 Å². The maximum atomic E-state index is 11.4. The van der Waals surface area contributed by atoms with Gasteiger partial charge in [0.1, 0.15) is 6.54 Å². The van der Waals surface area contributed by atoms with Crippen LogP contribution < -0.4 is 16.0 Å². The second-order valence-electron chi connectivity index (χ2n) is 3.16. The number of hydrogen-bond acceptors (Lipinski definition) is 5. The monoisotopic (exact) mass is 247 g/mol. The highest BCUT2D eigenvalue weighted by Gasteiger charge is 2.22. The van der Waals surface area contributed by atoms with Gasteiger partial charge < -0.3 is 15.7 Å². The van der Waals surface area contributed by atoms with E-state index in [4.69, 9.17) is 5.11 Å². The number of aliphatic carboxylic acids is 1. The quantitative estimate of drug-likeness (QED) is 0.446. The van der Waals surface area contributed by atoms with E-state index in [1.54, 1.807) is 11.8 Å². The van der Waals surface area contributed by atoms with E-state index in [0.29, 0.717) is 5.75 Å². The topological polar surface area (TPSA) is 108 Å². The first kappa shape index (κ1) is 12.8. The molecule has 4 N–H and O–H groups in total. The third-order valence-electron chi connectivity index (χ3n) is 1.89. The second kappa shape index (κ2) is 6.33. The number of thioether (sulfide) groups is 1. The van der Waals surface area contributed by atoms with Crippen molar-refractivity contribution in [2.75, 3.05) is 24.7 Å². The second-order valence-corrected chi connectivity index (χ2v) is 4.19. The maximum absolute atomic E-state index is 11.4. The Balaban J connectivity index is 2.15. The van der Waals surface area contributed by atoms with Gasteiger partial charge in [-0.1, -0.05) is 0 Å². The molecule has 2 amide bonds. The summed E-state index contributed by atoms with van der Waals surface area (Å²) in [4.78, 5) is 32.6. The molecule has 0 saturated carbocycles. The predicted octanol–water partition coefficient (Wildman–Crippen LogP) is -2.03. The Hall–Kier alpha value is -1.28. The minimum atomic E-state index is -1.12. The molecule has 7 nitrogen and oxygen atoms in total. The zero-order valence-electron chi connectivity index (χ0n) is 8.49. The summed E-state index contributed by atoms with van der Waals surface area (Å²) >= 11 is 1.61. The molecule has 0 aromatic carbocycles. The van der Waals surface area contributed by atoms with Gasteiger partial charge in [-0.2, -0.15) is 0 Å². The van der Waals surface area contributed by atoms with Crippen LogP contribution in [0.25, 0.3) is 0 Å². The van der Waals surface area contributed by atoms with Gasteiger partial charge in [-0.25, -0.2) is 0 Å². The van der Waals surface area contributed by atoms with Crippen molar-refractivity contribution in [1.29, 1.82) is 0 Å². The first-order valence-corrected chi connectivity index (χ1v) is 5.82. The zero-order chi connectivity index (χ0) is 12.0. The molecule has 0 aliphatic carbocycles. The summed E-state index contributed by atoms with van der Waals surface area (Å²) in [5.41, 5.74) is 0. The van der Waals surface area contributed by atoms with Crippen molar-refractivity contribution < 1.29 is 19.5 Å². The Morgan fingerprint density at radius 1 is 1.31 bits per heavy atom. The summed E-state index contributed by atoms with van der Waals surface area (Å²) in [6, 6.07) is -0.266. The van der Waals surface area contributed by atoms with Crippen molar-refractivity contribution in [2.24, 2.45) is 0 Å². The van der Waals surface area contributed by atoms with E-state index in [2.05, 4.69) is 16.0 Å². The van der Waals surface area contributed by atoms with Crippen molar-refractivity contribution in [2.45, 2.75) is 6.04 Å². The fourth-order valence-corrected chi connectivity index (χ4v) is 2.03. The van der Waals surface area contributed by atoms with Crippen LogP contribution >= 0.6 is 11.8 Å². The highest BCUT2D eigenvalue weighted by molar-refractivity contribution is 7.99. The summed E-state index contributed by atoms with van der Waals surface area (Å²) in [5, 5.41) is 15.8. The van der Waals surface area contributed by atoms with Crippen LogP contribution in [0.3, 0.4) is 0 Å². The van der Waals surface area contributed by atoms with Gasteiger partial charge in [0.15, 0.2) is 0 Å². The van der Waals surface area contributed by atoms with Gasteiger partial charge >= 0.3 is 5.97 Å². The van der Waals surface area contributed by atoms with Gasteiger partial charge in [-0.3, -0.25) is 19.7 Å². The largest absolute Gasteiger partial charge is 0.480 e. The van der Waals surface area contributed by atoms with Gasteiger partial charge in [-0.15, -0.1) is 11.8 Å². The molecule has 0 spiro atoms. The molecular formula is C8H13N3O4S. The van der Waals surface area contributed by atoms with Crippen LogP contribution in [-0.4, -0.2) is 53.7 Å². The van der Waals surface area contributed by atoms with E-state index < -0.39 is 18.4 Å². The number of rotatable bonds is 5. The molecule has 1 aliphatic rings. The van der Waals surface area contributed by atoms with E-state index in [1.165, 1.54) is 0 Å². The van der Waals surface area contributed by atoms with E-state index in [-0.39, 0.29) is 18.5 Å². The van der Waals surface area contributed by atoms with E-state index >= 15 is 0 Å².